The van der Waals surface area contributed by atoms with Crippen molar-refractivity contribution in [2.24, 2.45) is 0 Å². The molecular formula is C19H16ClNO4. The van der Waals surface area contributed by atoms with Crippen LogP contribution in [0.1, 0.15) is 16.3 Å². The summed E-state index contributed by atoms with van der Waals surface area (Å²) in [6.45, 7) is 0.234. The molecular weight excluding hydrogens is 342 g/mol. The van der Waals surface area contributed by atoms with Crippen LogP contribution in [0.15, 0.2) is 65.1 Å². The number of para-hydroxylation sites is 1. The maximum atomic E-state index is 12.3. The van der Waals surface area contributed by atoms with E-state index in [9.17, 15) is 4.79 Å². The van der Waals surface area contributed by atoms with Crippen LogP contribution in [0.5, 0.6) is 11.5 Å². The Morgan fingerprint density at radius 1 is 1.12 bits per heavy atom. The first-order chi connectivity index (χ1) is 12.2. The van der Waals surface area contributed by atoms with E-state index in [1.54, 1.807) is 30.3 Å². The summed E-state index contributed by atoms with van der Waals surface area (Å²) in [5, 5.41) is 3.22. The molecule has 0 spiro atoms. The van der Waals surface area contributed by atoms with Gasteiger partial charge in [-0.05, 0) is 42.5 Å². The second kappa shape index (κ2) is 7.77. The molecule has 0 aliphatic heterocycles. The first kappa shape index (κ1) is 16.9. The van der Waals surface area contributed by atoms with Gasteiger partial charge in [0.15, 0.2) is 5.76 Å². The predicted octanol–water partition coefficient (Wildman–Crippen LogP) is 4.77. The molecule has 1 heterocycles. The maximum absolute atomic E-state index is 12.3. The Balaban J connectivity index is 1.65. The molecule has 1 amide bonds. The summed E-state index contributed by atoms with van der Waals surface area (Å²) in [6, 6.07) is 17.6. The molecule has 0 unspecified atom stereocenters. The van der Waals surface area contributed by atoms with Crippen molar-refractivity contribution in [2.75, 3.05) is 12.4 Å². The maximum Gasteiger partial charge on any atom is 0.291 e. The fourth-order valence-electron chi connectivity index (χ4n) is 2.21. The molecule has 0 saturated heterocycles. The van der Waals surface area contributed by atoms with Crippen molar-refractivity contribution < 1.29 is 18.7 Å². The van der Waals surface area contributed by atoms with Crippen molar-refractivity contribution in [3.8, 4) is 11.5 Å². The summed E-state index contributed by atoms with van der Waals surface area (Å²) >= 11 is 5.96. The van der Waals surface area contributed by atoms with Crippen molar-refractivity contribution in [3.63, 3.8) is 0 Å². The lowest BCUT2D eigenvalue weighted by Crippen LogP contribution is -2.11. The average molecular weight is 358 g/mol. The smallest absolute Gasteiger partial charge is 0.291 e. The van der Waals surface area contributed by atoms with Crippen molar-refractivity contribution >= 4 is 23.2 Å². The third-order valence-corrected chi connectivity index (χ3v) is 3.65. The Hall–Kier alpha value is -2.92. The average Bonchev–Trinajstić information content (AvgIpc) is 3.10. The third-order valence-electron chi connectivity index (χ3n) is 3.42. The fraction of sp³-hybridized carbons (Fsp3) is 0.105. The Kier molecular flexibility index (Phi) is 5.26. The van der Waals surface area contributed by atoms with E-state index in [1.807, 2.05) is 30.3 Å². The molecule has 0 atom stereocenters. The Morgan fingerprint density at radius 2 is 1.92 bits per heavy atom. The van der Waals surface area contributed by atoms with E-state index >= 15 is 0 Å². The first-order valence-corrected chi connectivity index (χ1v) is 7.95. The minimum atomic E-state index is -0.397. The Morgan fingerprint density at radius 3 is 2.68 bits per heavy atom. The number of furan rings is 1. The van der Waals surface area contributed by atoms with Crippen LogP contribution in [0.2, 0.25) is 5.02 Å². The zero-order chi connectivity index (χ0) is 17.6. The van der Waals surface area contributed by atoms with Crippen LogP contribution in [0.4, 0.5) is 5.69 Å². The highest BCUT2D eigenvalue weighted by Gasteiger charge is 2.14. The summed E-state index contributed by atoms with van der Waals surface area (Å²) in [5.41, 5.74) is 0.471. The van der Waals surface area contributed by atoms with Gasteiger partial charge in [-0.1, -0.05) is 29.8 Å². The molecule has 0 fully saturated rings. The summed E-state index contributed by atoms with van der Waals surface area (Å²) in [7, 11) is 1.52. The van der Waals surface area contributed by atoms with Crippen LogP contribution in [-0.2, 0) is 6.61 Å². The predicted molar refractivity (Wildman–Crippen MR) is 95.4 cm³/mol. The number of hydrogen-bond donors (Lipinski definition) is 1. The Bertz CT molecular complexity index is 861. The number of carbonyl (C=O) groups excluding carboxylic acids is 1. The standard InChI is InChI=1S/C19H16ClNO4/c1-23-17-9-7-13(20)11-16(17)21-19(22)18-10-8-15(25-18)12-24-14-5-3-2-4-6-14/h2-11H,12H2,1H3,(H,21,22). The van der Waals surface area contributed by atoms with Gasteiger partial charge < -0.3 is 19.2 Å². The molecule has 0 radical (unpaired) electrons. The van der Waals surface area contributed by atoms with E-state index in [0.717, 1.165) is 5.75 Å². The SMILES string of the molecule is COc1ccc(Cl)cc1NC(=O)c1ccc(COc2ccccc2)o1. The van der Waals surface area contributed by atoms with Gasteiger partial charge in [0.1, 0.15) is 23.9 Å². The normalized spacial score (nSPS) is 10.3. The van der Waals surface area contributed by atoms with E-state index in [4.69, 9.17) is 25.5 Å². The molecule has 0 aliphatic rings. The molecule has 2 aromatic carbocycles. The molecule has 1 N–H and O–H groups in total. The highest BCUT2D eigenvalue weighted by Crippen LogP contribution is 2.28. The summed E-state index contributed by atoms with van der Waals surface area (Å²) in [4.78, 5) is 12.3. The van der Waals surface area contributed by atoms with Crippen LogP contribution in [0.25, 0.3) is 0 Å². The number of hydrogen-bond acceptors (Lipinski definition) is 4. The molecule has 128 valence electrons. The van der Waals surface area contributed by atoms with Crippen molar-refractivity contribution in [1.82, 2.24) is 0 Å². The second-order valence-electron chi connectivity index (χ2n) is 5.17. The molecule has 25 heavy (non-hydrogen) atoms. The molecule has 3 aromatic rings. The number of anilines is 1. The van der Waals surface area contributed by atoms with E-state index in [0.29, 0.717) is 22.2 Å². The van der Waals surface area contributed by atoms with Gasteiger partial charge in [-0.2, -0.15) is 0 Å². The molecule has 0 aliphatic carbocycles. The largest absolute Gasteiger partial charge is 0.495 e. The van der Waals surface area contributed by atoms with Gasteiger partial charge in [0.05, 0.1) is 12.8 Å². The zero-order valence-electron chi connectivity index (χ0n) is 13.5. The number of ether oxygens (including phenoxy) is 2. The van der Waals surface area contributed by atoms with E-state index in [-0.39, 0.29) is 12.4 Å². The Labute approximate surface area is 150 Å². The van der Waals surface area contributed by atoms with Gasteiger partial charge in [-0.25, -0.2) is 0 Å². The first-order valence-electron chi connectivity index (χ1n) is 7.57. The number of benzene rings is 2. The molecule has 3 rings (SSSR count). The lowest BCUT2D eigenvalue weighted by molar-refractivity contribution is 0.0992. The van der Waals surface area contributed by atoms with Crippen LogP contribution in [0, 0.1) is 0 Å². The van der Waals surface area contributed by atoms with Gasteiger partial charge in [0.2, 0.25) is 0 Å². The minimum Gasteiger partial charge on any atom is -0.495 e. The van der Waals surface area contributed by atoms with E-state index in [1.165, 1.54) is 7.11 Å². The number of rotatable bonds is 6. The quantitative estimate of drug-likeness (QED) is 0.690. The van der Waals surface area contributed by atoms with Gasteiger partial charge in [0.25, 0.3) is 5.91 Å². The van der Waals surface area contributed by atoms with Crippen molar-refractivity contribution in [2.45, 2.75) is 6.61 Å². The minimum absolute atomic E-state index is 0.175. The second-order valence-corrected chi connectivity index (χ2v) is 5.60. The third kappa shape index (κ3) is 4.33. The summed E-state index contributed by atoms with van der Waals surface area (Å²) in [5.74, 6) is 1.57. The van der Waals surface area contributed by atoms with Gasteiger partial charge in [-0.15, -0.1) is 0 Å². The number of amides is 1. The topological polar surface area (TPSA) is 60.7 Å². The lowest BCUT2D eigenvalue weighted by atomic mass is 10.3. The number of methoxy groups -OCH3 is 1. The van der Waals surface area contributed by atoms with E-state index < -0.39 is 5.91 Å². The number of carbonyl (C=O) groups is 1. The number of nitrogens with one attached hydrogen (secondary N) is 1. The van der Waals surface area contributed by atoms with Gasteiger partial charge in [0, 0.05) is 5.02 Å². The van der Waals surface area contributed by atoms with Crippen LogP contribution >= 0.6 is 11.6 Å². The van der Waals surface area contributed by atoms with Crippen LogP contribution in [0.3, 0.4) is 0 Å². The van der Waals surface area contributed by atoms with Crippen LogP contribution in [-0.4, -0.2) is 13.0 Å². The summed E-state index contributed by atoms with van der Waals surface area (Å²) < 4.78 is 16.3. The monoisotopic (exact) mass is 357 g/mol. The molecule has 5 nitrogen and oxygen atoms in total. The highest BCUT2D eigenvalue weighted by atomic mass is 35.5. The lowest BCUT2D eigenvalue weighted by Gasteiger charge is -2.09. The fourth-order valence-corrected chi connectivity index (χ4v) is 2.38. The van der Waals surface area contributed by atoms with Crippen molar-refractivity contribution in [1.29, 1.82) is 0 Å². The molecule has 6 heteroatoms. The molecule has 0 saturated carbocycles. The molecule has 0 bridgehead atoms. The molecule has 1 aromatic heterocycles. The highest BCUT2D eigenvalue weighted by molar-refractivity contribution is 6.31. The van der Waals surface area contributed by atoms with E-state index in [2.05, 4.69) is 5.32 Å². The van der Waals surface area contributed by atoms with Crippen LogP contribution < -0.4 is 14.8 Å². The van der Waals surface area contributed by atoms with Gasteiger partial charge >= 0.3 is 0 Å². The van der Waals surface area contributed by atoms with Gasteiger partial charge in [-0.3, -0.25) is 4.79 Å². The number of halogens is 1. The van der Waals surface area contributed by atoms with Crippen molar-refractivity contribution in [3.05, 3.63) is 77.2 Å². The summed E-state index contributed by atoms with van der Waals surface area (Å²) in [6.07, 6.45) is 0. The zero-order valence-corrected chi connectivity index (χ0v) is 14.2.